The Morgan fingerprint density at radius 2 is 2.12 bits per heavy atom. The molecule has 0 aliphatic carbocycles. The van der Waals surface area contributed by atoms with Crippen molar-refractivity contribution in [2.45, 2.75) is 19.9 Å². The predicted molar refractivity (Wildman–Crippen MR) is 64.8 cm³/mol. The van der Waals surface area contributed by atoms with E-state index in [-0.39, 0.29) is 0 Å². The summed E-state index contributed by atoms with van der Waals surface area (Å²) in [5.41, 5.74) is 8.57. The largest absolute Gasteiger partial charge is 0.417 e. The van der Waals surface area contributed by atoms with Crippen LogP contribution in [0.1, 0.15) is 13.8 Å². The first-order chi connectivity index (χ1) is 7.49. The lowest BCUT2D eigenvalue weighted by Crippen LogP contribution is -2.26. The van der Waals surface area contributed by atoms with Gasteiger partial charge in [0.05, 0.1) is 16.9 Å². The molecule has 0 bridgehead atoms. The first-order valence-corrected chi connectivity index (χ1v) is 5.14. The Morgan fingerprint density at radius 1 is 1.44 bits per heavy atom. The van der Waals surface area contributed by atoms with Gasteiger partial charge in [0.1, 0.15) is 0 Å². The molecule has 2 rings (SSSR count). The standard InChI is InChI=1S/C11H15N3O2/c1-6(2)14(3)9-5-8-10(4-7(9)12)16-11(15)13-8/h4-6H,12H2,1-3H3,(H,13,15). The molecule has 5 heteroatoms. The van der Waals surface area contributed by atoms with Crippen LogP contribution in [0, 0.1) is 0 Å². The van der Waals surface area contributed by atoms with Crippen LogP contribution in [-0.2, 0) is 0 Å². The first kappa shape index (κ1) is 10.6. The van der Waals surface area contributed by atoms with E-state index in [1.54, 1.807) is 6.07 Å². The van der Waals surface area contributed by atoms with Crippen LogP contribution in [0.25, 0.3) is 11.1 Å². The van der Waals surface area contributed by atoms with Crippen molar-refractivity contribution in [1.82, 2.24) is 4.98 Å². The molecule has 0 amide bonds. The van der Waals surface area contributed by atoms with Crippen LogP contribution in [0.3, 0.4) is 0 Å². The molecule has 0 aliphatic heterocycles. The molecule has 0 unspecified atom stereocenters. The third-order valence-corrected chi connectivity index (χ3v) is 2.72. The Kier molecular flexibility index (Phi) is 2.38. The van der Waals surface area contributed by atoms with Crippen molar-refractivity contribution in [2.75, 3.05) is 17.7 Å². The van der Waals surface area contributed by atoms with Gasteiger partial charge in [-0.1, -0.05) is 0 Å². The van der Waals surface area contributed by atoms with Crippen molar-refractivity contribution < 1.29 is 4.42 Å². The van der Waals surface area contributed by atoms with Crippen LogP contribution in [0.2, 0.25) is 0 Å². The number of nitrogens with one attached hydrogen (secondary N) is 1. The number of hydrogen-bond acceptors (Lipinski definition) is 4. The van der Waals surface area contributed by atoms with Crippen LogP contribution in [0.4, 0.5) is 11.4 Å². The molecule has 1 heterocycles. The summed E-state index contributed by atoms with van der Waals surface area (Å²) in [4.78, 5) is 15.7. The second kappa shape index (κ2) is 3.59. The first-order valence-electron chi connectivity index (χ1n) is 5.14. The average Bonchev–Trinajstić information content (AvgIpc) is 2.54. The minimum atomic E-state index is -0.459. The number of nitrogens with two attached hydrogens (primary N) is 1. The number of fused-ring (bicyclic) bond motifs is 1. The zero-order valence-electron chi connectivity index (χ0n) is 9.57. The maximum Gasteiger partial charge on any atom is 0.417 e. The van der Waals surface area contributed by atoms with Gasteiger partial charge >= 0.3 is 5.76 Å². The Bertz CT molecular complexity index is 568. The van der Waals surface area contributed by atoms with Crippen molar-refractivity contribution in [2.24, 2.45) is 0 Å². The van der Waals surface area contributed by atoms with Crippen molar-refractivity contribution in [3.63, 3.8) is 0 Å². The molecule has 0 aliphatic rings. The highest BCUT2D eigenvalue weighted by atomic mass is 16.4. The van der Waals surface area contributed by atoms with E-state index in [1.807, 2.05) is 18.0 Å². The fraction of sp³-hybridized carbons (Fsp3) is 0.364. The fourth-order valence-corrected chi connectivity index (χ4v) is 1.59. The Hall–Kier alpha value is -1.91. The predicted octanol–water partition coefficient (Wildman–Crippen LogP) is 1.55. The number of rotatable bonds is 2. The Balaban J connectivity index is 2.61. The quantitative estimate of drug-likeness (QED) is 0.754. The third-order valence-electron chi connectivity index (χ3n) is 2.72. The Labute approximate surface area is 92.8 Å². The van der Waals surface area contributed by atoms with Gasteiger partial charge < -0.3 is 15.1 Å². The van der Waals surface area contributed by atoms with E-state index in [9.17, 15) is 4.79 Å². The summed E-state index contributed by atoms with van der Waals surface area (Å²) in [6, 6.07) is 3.83. The summed E-state index contributed by atoms with van der Waals surface area (Å²) < 4.78 is 4.93. The minimum absolute atomic E-state index is 0.332. The van der Waals surface area contributed by atoms with Crippen molar-refractivity contribution >= 4 is 22.5 Å². The smallest absolute Gasteiger partial charge is 0.408 e. The van der Waals surface area contributed by atoms with E-state index in [4.69, 9.17) is 10.2 Å². The molecule has 5 nitrogen and oxygen atoms in total. The van der Waals surface area contributed by atoms with Crippen LogP contribution in [0.5, 0.6) is 0 Å². The average molecular weight is 221 g/mol. The van der Waals surface area contributed by atoms with E-state index in [1.165, 1.54) is 0 Å². The summed E-state index contributed by atoms with van der Waals surface area (Å²) in [5.74, 6) is -0.459. The van der Waals surface area contributed by atoms with Crippen LogP contribution in [0.15, 0.2) is 21.3 Å². The highest BCUT2D eigenvalue weighted by Gasteiger charge is 2.12. The summed E-state index contributed by atoms with van der Waals surface area (Å²) in [5, 5.41) is 0. The van der Waals surface area contributed by atoms with Crippen molar-refractivity contribution in [1.29, 1.82) is 0 Å². The van der Waals surface area contributed by atoms with Gasteiger partial charge in [0.15, 0.2) is 5.58 Å². The molecule has 1 aromatic heterocycles. The van der Waals surface area contributed by atoms with Crippen molar-refractivity contribution in [3.05, 3.63) is 22.7 Å². The van der Waals surface area contributed by atoms with Crippen molar-refractivity contribution in [3.8, 4) is 0 Å². The van der Waals surface area contributed by atoms with Gasteiger partial charge in [-0.25, -0.2) is 4.79 Å². The Morgan fingerprint density at radius 3 is 2.75 bits per heavy atom. The normalized spacial score (nSPS) is 11.2. The summed E-state index contributed by atoms with van der Waals surface area (Å²) >= 11 is 0. The third kappa shape index (κ3) is 1.64. The van der Waals surface area contributed by atoms with E-state index in [2.05, 4.69) is 18.8 Å². The molecular formula is C11H15N3O2. The van der Waals surface area contributed by atoms with Crippen LogP contribution in [-0.4, -0.2) is 18.1 Å². The van der Waals surface area contributed by atoms with Gasteiger partial charge in [-0.05, 0) is 19.9 Å². The molecule has 0 radical (unpaired) electrons. The number of nitrogen functional groups attached to an aromatic ring is 1. The monoisotopic (exact) mass is 221 g/mol. The number of benzene rings is 1. The van der Waals surface area contributed by atoms with Crippen LogP contribution < -0.4 is 16.4 Å². The molecule has 86 valence electrons. The SMILES string of the molecule is CC(C)N(C)c1cc2[nH]c(=O)oc2cc1N. The molecule has 3 N–H and O–H groups in total. The highest BCUT2D eigenvalue weighted by Crippen LogP contribution is 2.28. The van der Waals surface area contributed by atoms with E-state index in [0.29, 0.717) is 22.8 Å². The molecule has 0 atom stereocenters. The van der Waals surface area contributed by atoms with E-state index >= 15 is 0 Å². The molecule has 16 heavy (non-hydrogen) atoms. The van der Waals surface area contributed by atoms with Gasteiger partial charge in [0.25, 0.3) is 0 Å². The van der Waals surface area contributed by atoms with Gasteiger partial charge in [-0.15, -0.1) is 0 Å². The number of nitrogens with zero attached hydrogens (tertiary/aromatic N) is 1. The minimum Gasteiger partial charge on any atom is -0.408 e. The number of hydrogen-bond donors (Lipinski definition) is 2. The maximum absolute atomic E-state index is 11.0. The fourth-order valence-electron chi connectivity index (χ4n) is 1.59. The molecule has 0 saturated carbocycles. The van der Waals surface area contributed by atoms with Crippen LogP contribution >= 0.6 is 0 Å². The lowest BCUT2D eigenvalue weighted by Gasteiger charge is -2.25. The van der Waals surface area contributed by atoms with Gasteiger partial charge in [0.2, 0.25) is 0 Å². The molecule has 1 aromatic carbocycles. The summed E-state index contributed by atoms with van der Waals surface area (Å²) in [6.45, 7) is 4.14. The molecule has 0 spiro atoms. The second-order valence-corrected chi connectivity index (χ2v) is 4.13. The number of oxazole rings is 1. The van der Waals surface area contributed by atoms with Gasteiger partial charge in [0, 0.05) is 19.2 Å². The summed E-state index contributed by atoms with van der Waals surface area (Å²) in [7, 11) is 1.96. The summed E-state index contributed by atoms with van der Waals surface area (Å²) in [6.07, 6.45) is 0. The molecule has 0 fully saturated rings. The molecular weight excluding hydrogens is 206 g/mol. The zero-order valence-corrected chi connectivity index (χ0v) is 9.57. The molecule has 0 saturated heterocycles. The van der Waals surface area contributed by atoms with E-state index in [0.717, 1.165) is 5.69 Å². The topological polar surface area (TPSA) is 75.3 Å². The zero-order chi connectivity index (χ0) is 11.9. The van der Waals surface area contributed by atoms with Gasteiger partial charge in [-0.2, -0.15) is 0 Å². The second-order valence-electron chi connectivity index (χ2n) is 4.13. The molecule has 2 aromatic rings. The van der Waals surface area contributed by atoms with E-state index < -0.39 is 5.76 Å². The highest BCUT2D eigenvalue weighted by molar-refractivity contribution is 5.85. The number of aromatic amines is 1. The number of aromatic nitrogens is 1. The lowest BCUT2D eigenvalue weighted by atomic mass is 10.2. The van der Waals surface area contributed by atoms with Gasteiger partial charge in [-0.3, -0.25) is 4.98 Å². The number of H-pyrrole nitrogens is 1. The number of anilines is 2. The lowest BCUT2D eigenvalue weighted by molar-refractivity contribution is 0.555. The maximum atomic E-state index is 11.0.